The molecule has 1 aromatic rings. The highest BCUT2D eigenvalue weighted by Gasteiger charge is 2.23. The summed E-state index contributed by atoms with van der Waals surface area (Å²) in [5, 5.41) is 4.28. The number of halogens is 1. The van der Waals surface area contributed by atoms with Crippen LogP contribution in [0.25, 0.3) is 0 Å². The maximum atomic E-state index is 6.50. The number of hydrogen-bond acceptors (Lipinski definition) is 4. The van der Waals surface area contributed by atoms with Crippen molar-refractivity contribution >= 4 is 17.4 Å². The van der Waals surface area contributed by atoms with Gasteiger partial charge in [-0.3, -0.25) is 0 Å². The van der Waals surface area contributed by atoms with Crippen molar-refractivity contribution < 1.29 is 0 Å². The number of aromatic nitrogens is 1. The lowest BCUT2D eigenvalue weighted by Gasteiger charge is -2.29. The molecule has 0 spiro atoms. The van der Waals surface area contributed by atoms with Crippen molar-refractivity contribution in [1.82, 2.24) is 15.2 Å². The molecule has 1 saturated heterocycles. The molecule has 2 heterocycles. The van der Waals surface area contributed by atoms with Crippen LogP contribution in [0.3, 0.4) is 0 Å². The van der Waals surface area contributed by atoms with E-state index in [9.17, 15) is 0 Å². The van der Waals surface area contributed by atoms with Crippen LogP contribution in [0, 0.1) is 0 Å². The van der Waals surface area contributed by atoms with Gasteiger partial charge in [-0.25, -0.2) is 4.98 Å². The first-order chi connectivity index (χ1) is 10.1. The Morgan fingerprint density at radius 2 is 2.19 bits per heavy atom. The third-order valence-electron chi connectivity index (χ3n) is 4.37. The first-order valence-electron chi connectivity index (χ1n) is 7.96. The summed E-state index contributed by atoms with van der Waals surface area (Å²) in [7, 11) is 2.18. The fourth-order valence-electron chi connectivity index (χ4n) is 3.01. The van der Waals surface area contributed by atoms with Crippen molar-refractivity contribution in [2.45, 2.75) is 44.8 Å². The van der Waals surface area contributed by atoms with Gasteiger partial charge >= 0.3 is 0 Å². The zero-order valence-electron chi connectivity index (χ0n) is 13.0. The van der Waals surface area contributed by atoms with Crippen LogP contribution >= 0.6 is 11.6 Å². The average Bonchev–Trinajstić information content (AvgIpc) is 3.26. The van der Waals surface area contributed by atoms with Crippen LogP contribution in [0.1, 0.15) is 31.7 Å². The van der Waals surface area contributed by atoms with Crippen molar-refractivity contribution in [3.8, 4) is 0 Å². The van der Waals surface area contributed by atoms with Gasteiger partial charge in [0.05, 0.1) is 5.02 Å². The Kier molecular flexibility index (Phi) is 4.67. The summed E-state index contributed by atoms with van der Waals surface area (Å²) in [5.41, 5.74) is 1.18. The van der Waals surface area contributed by atoms with E-state index in [1.165, 1.54) is 18.4 Å². The summed E-state index contributed by atoms with van der Waals surface area (Å²) in [5.74, 6) is 0.939. The molecule has 1 saturated carbocycles. The van der Waals surface area contributed by atoms with Crippen molar-refractivity contribution in [1.29, 1.82) is 0 Å². The van der Waals surface area contributed by atoms with Gasteiger partial charge < -0.3 is 15.1 Å². The molecule has 21 heavy (non-hydrogen) atoms. The number of likely N-dealkylation sites (N-methyl/N-ethyl adjacent to an activating group) is 1. The Labute approximate surface area is 132 Å². The largest absolute Gasteiger partial charge is 0.351 e. The molecule has 3 rings (SSSR count). The van der Waals surface area contributed by atoms with Crippen LogP contribution in [0.4, 0.5) is 5.82 Å². The van der Waals surface area contributed by atoms with Crippen LogP contribution < -0.4 is 10.2 Å². The van der Waals surface area contributed by atoms with E-state index in [4.69, 9.17) is 11.6 Å². The van der Waals surface area contributed by atoms with Gasteiger partial charge in [0, 0.05) is 37.9 Å². The van der Waals surface area contributed by atoms with Crippen LogP contribution in [0.15, 0.2) is 12.3 Å². The molecular formula is C16H25ClN4. The number of rotatable bonds is 4. The highest BCUT2D eigenvalue weighted by Crippen LogP contribution is 2.27. The summed E-state index contributed by atoms with van der Waals surface area (Å²) in [6.07, 6.45) is 5.73. The van der Waals surface area contributed by atoms with E-state index >= 15 is 0 Å². The van der Waals surface area contributed by atoms with Gasteiger partial charge in [0.15, 0.2) is 0 Å². The Balaban J connectivity index is 1.71. The average molecular weight is 309 g/mol. The molecule has 5 heteroatoms. The number of hydrogen-bond donors (Lipinski definition) is 1. The van der Waals surface area contributed by atoms with Crippen LogP contribution in [-0.4, -0.2) is 48.6 Å². The fourth-order valence-corrected chi connectivity index (χ4v) is 3.31. The van der Waals surface area contributed by atoms with Crippen molar-refractivity contribution in [2.24, 2.45) is 0 Å². The third-order valence-corrected chi connectivity index (χ3v) is 4.65. The molecule has 0 bridgehead atoms. The Bertz CT molecular complexity index is 489. The Hall–Kier alpha value is -0.840. The molecular weight excluding hydrogens is 284 g/mol. The molecule has 2 fully saturated rings. The highest BCUT2D eigenvalue weighted by atomic mass is 35.5. The minimum absolute atomic E-state index is 0.443. The number of nitrogens with zero attached hydrogens (tertiary/aromatic N) is 3. The van der Waals surface area contributed by atoms with E-state index in [1.807, 2.05) is 6.20 Å². The monoisotopic (exact) mass is 308 g/mol. The summed E-state index contributed by atoms with van der Waals surface area (Å²) in [6.45, 7) is 6.35. The topological polar surface area (TPSA) is 31.4 Å². The van der Waals surface area contributed by atoms with E-state index in [0.717, 1.165) is 43.4 Å². The van der Waals surface area contributed by atoms with Crippen molar-refractivity contribution in [3.63, 3.8) is 0 Å². The highest BCUT2D eigenvalue weighted by molar-refractivity contribution is 6.33. The molecule has 0 amide bonds. The van der Waals surface area contributed by atoms with Gasteiger partial charge in [-0.2, -0.15) is 0 Å². The smallest absolute Gasteiger partial charge is 0.147 e. The van der Waals surface area contributed by atoms with Gasteiger partial charge in [0.25, 0.3) is 0 Å². The Morgan fingerprint density at radius 1 is 1.38 bits per heavy atom. The van der Waals surface area contributed by atoms with E-state index in [2.05, 4.69) is 40.1 Å². The van der Waals surface area contributed by atoms with Crippen molar-refractivity contribution in [3.05, 3.63) is 22.8 Å². The zero-order chi connectivity index (χ0) is 14.8. The van der Waals surface area contributed by atoms with Gasteiger partial charge in [-0.15, -0.1) is 0 Å². The van der Waals surface area contributed by atoms with Crippen LogP contribution in [0.2, 0.25) is 5.02 Å². The Morgan fingerprint density at radius 3 is 2.90 bits per heavy atom. The number of anilines is 1. The molecule has 4 nitrogen and oxygen atoms in total. The maximum absolute atomic E-state index is 6.50. The van der Waals surface area contributed by atoms with Crippen LogP contribution in [-0.2, 0) is 6.54 Å². The molecule has 1 unspecified atom stereocenters. The normalized spacial score (nSPS) is 24.1. The molecule has 116 valence electrons. The standard InChI is InChI=1S/C16H25ClN4/c1-12-11-20(2)6-3-7-21(12)16-15(17)8-13(10-19-16)9-18-14-4-5-14/h8,10,12,14,18H,3-7,9,11H2,1-2H3. The van der Waals surface area contributed by atoms with Crippen molar-refractivity contribution in [2.75, 3.05) is 31.6 Å². The van der Waals surface area contributed by atoms with Gasteiger partial charge in [-0.1, -0.05) is 11.6 Å². The van der Waals surface area contributed by atoms with E-state index in [1.54, 1.807) is 0 Å². The SMILES string of the molecule is CC1CN(C)CCCN1c1ncc(CNC2CC2)cc1Cl. The maximum Gasteiger partial charge on any atom is 0.147 e. The second-order valence-corrected chi connectivity index (χ2v) is 6.87. The fraction of sp³-hybridized carbons (Fsp3) is 0.688. The van der Waals surface area contributed by atoms with Gasteiger partial charge in [0.2, 0.25) is 0 Å². The lowest BCUT2D eigenvalue weighted by Crippen LogP contribution is -2.38. The summed E-state index contributed by atoms with van der Waals surface area (Å²) in [4.78, 5) is 9.39. The quantitative estimate of drug-likeness (QED) is 0.926. The number of pyridine rings is 1. The molecule has 1 atom stereocenters. The molecule has 0 radical (unpaired) electrons. The zero-order valence-corrected chi connectivity index (χ0v) is 13.7. The van der Waals surface area contributed by atoms with Crippen LogP contribution in [0.5, 0.6) is 0 Å². The minimum Gasteiger partial charge on any atom is -0.351 e. The lowest BCUT2D eigenvalue weighted by molar-refractivity contribution is 0.337. The molecule has 2 aliphatic rings. The van der Waals surface area contributed by atoms with E-state index in [-0.39, 0.29) is 0 Å². The summed E-state index contributed by atoms with van der Waals surface area (Å²) in [6, 6.07) is 3.23. The summed E-state index contributed by atoms with van der Waals surface area (Å²) < 4.78 is 0. The summed E-state index contributed by atoms with van der Waals surface area (Å²) >= 11 is 6.50. The van der Waals surface area contributed by atoms with Gasteiger partial charge in [0.1, 0.15) is 5.82 Å². The molecule has 1 aliphatic carbocycles. The second kappa shape index (κ2) is 6.51. The molecule has 1 aliphatic heterocycles. The number of nitrogens with one attached hydrogen (secondary N) is 1. The predicted molar refractivity (Wildman–Crippen MR) is 88.0 cm³/mol. The first kappa shape index (κ1) is 15.1. The van der Waals surface area contributed by atoms with E-state index in [0.29, 0.717) is 12.1 Å². The molecule has 1 N–H and O–H groups in total. The minimum atomic E-state index is 0.443. The predicted octanol–water partition coefficient (Wildman–Crippen LogP) is 2.52. The third kappa shape index (κ3) is 3.87. The first-order valence-corrected chi connectivity index (χ1v) is 8.34. The molecule has 1 aromatic heterocycles. The molecule has 0 aromatic carbocycles. The lowest BCUT2D eigenvalue weighted by atomic mass is 10.2. The second-order valence-electron chi connectivity index (χ2n) is 6.46. The van der Waals surface area contributed by atoms with Gasteiger partial charge in [-0.05, 0) is 51.4 Å². The van der Waals surface area contributed by atoms with E-state index < -0.39 is 0 Å².